The zero-order valence-electron chi connectivity index (χ0n) is 17.9. The van der Waals surface area contributed by atoms with E-state index in [-0.39, 0.29) is 0 Å². The Morgan fingerprint density at radius 2 is 1.66 bits per heavy atom. The fourth-order valence-corrected chi connectivity index (χ4v) is 2.71. The summed E-state index contributed by atoms with van der Waals surface area (Å²) >= 11 is 0. The van der Waals surface area contributed by atoms with Gasteiger partial charge in [0.25, 0.3) is 0 Å². The number of carboxylic acid groups (broad SMARTS) is 2. The summed E-state index contributed by atoms with van der Waals surface area (Å²) in [5.41, 5.74) is 2.51. The highest BCUT2D eigenvalue weighted by atomic mass is 16.5. The Labute approximate surface area is 173 Å². The van der Waals surface area contributed by atoms with Crippen LogP contribution in [0, 0.1) is 6.92 Å². The summed E-state index contributed by atoms with van der Waals surface area (Å²) in [7, 11) is 2.18. The van der Waals surface area contributed by atoms with Crippen LogP contribution in [0.2, 0.25) is 0 Å². The minimum Gasteiger partial charge on any atom is -0.491 e. The van der Waals surface area contributed by atoms with Crippen molar-refractivity contribution >= 4 is 11.9 Å². The Hall–Kier alpha value is -2.16. The van der Waals surface area contributed by atoms with Crippen LogP contribution in [0.4, 0.5) is 0 Å². The Balaban J connectivity index is 0.000000612. The molecule has 1 heterocycles. The molecule has 1 saturated heterocycles. The van der Waals surface area contributed by atoms with Crippen molar-refractivity contribution in [3.8, 4) is 5.75 Å². The topological polar surface area (TPSA) is 99.5 Å². The minimum absolute atomic E-state index is 0.526. The van der Waals surface area contributed by atoms with E-state index in [1.807, 2.05) is 0 Å². The van der Waals surface area contributed by atoms with Crippen LogP contribution in [0.5, 0.6) is 5.75 Å². The van der Waals surface area contributed by atoms with Gasteiger partial charge in [0.15, 0.2) is 0 Å². The molecule has 1 aliphatic heterocycles. The van der Waals surface area contributed by atoms with Gasteiger partial charge in [-0.2, -0.15) is 0 Å². The monoisotopic (exact) mass is 410 g/mol. The third-order valence-electron chi connectivity index (χ3n) is 4.69. The maximum atomic E-state index is 9.10. The summed E-state index contributed by atoms with van der Waals surface area (Å²) < 4.78 is 11.6. The Morgan fingerprint density at radius 3 is 2.21 bits per heavy atom. The van der Waals surface area contributed by atoms with Crippen LogP contribution in [0.15, 0.2) is 18.2 Å². The van der Waals surface area contributed by atoms with Crippen LogP contribution in [0.1, 0.15) is 30.9 Å². The first-order valence-electron chi connectivity index (χ1n) is 9.89. The van der Waals surface area contributed by atoms with E-state index >= 15 is 0 Å². The van der Waals surface area contributed by atoms with Crippen LogP contribution in [-0.2, 0) is 14.3 Å². The highest BCUT2D eigenvalue weighted by molar-refractivity contribution is 6.27. The molecule has 8 nitrogen and oxygen atoms in total. The fourth-order valence-electron chi connectivity index (χ4n) is 2.71. The number of likely N-dealkylation sites (N-methyl/N-ethyl adjacent to an activating group) is 1. The molecule has 0 radical (unpaired) electrons. The molecule has 0 aliphatic carbocycles. The lowest BCUT2D eigenvalue weighted by molar-refractivity contribution is -0.159. The first kappa shape index (κ1) is 24.9. The van der Waals surface area contributed by atoms with Crippen molar-refractivity contribution in [3.63, 3.8) is 0 Å². The number of aryl methyl sites for hydroxylation is 1. The second-order valence-electron chi connectivity index (χ2n) is 7.40. The molecule has 1 aliphatic rings. The van der Waals surface area contributed by atoms with Gasteiger partial charge in [-0.15, -0.1) is 0 Å². The molecular weight excluding hydrogens is 376 g/mol. The van der Waals surface area contributed by atoms with Gasteiger partial charge in [0.2, 0.25) is 0 Å². The minimum atomic E-state index is -1.82. The Morgan fingerprint density at radius 1 is 1.03 bits per heavy atom. The summed E-state index contributed by atoms with van der Waals surface area (Å²) in [4.78, 5) is 23.0. The predicted molar refractivity (Wildman–Crippen MR) is 111 cm³/mol. The van der Waals surface area contributed by atoms with Crippen LogP contribution >= 0.6 is 0 Å². The number of benzene rings is 1. The highest BCUT2D eigenvalue weighted by Crippen LogP contribution is 2.24. The zero-order chi connectivity index (χ0) is 21.8. The number of rotatable bonds is 8. The Bertz CT molecular complexity index is 630. The SMILES string of the molecule is Cc1ccc(C(C)C)cc1OCCOCCN1CCN(C)CC1.O=C(O)C(=O)O. The fraction of sp³-hybridized carbons (Fsp3) is 0.619. The van der Waals surface area contributed by atoms with Gasteiger partial charge in [-0.1, -0.05) is 26.0 Å². The molecule has 8 heteroatoms. The number of carbonyl (C=O) groups is 2. The van der Waals surface area contributed by atoms with Crippen molar-refractivity contribution in [2.24, 2.45) is 0 Å². The largest absolute Gasteiger partial charge is 0.491 e. The van der Waals surface area contributed by atoms with Gasteiger partial charge in [-0.3, -0.25) is 4.90 Å². The molecule has 2 rings (SSSR count). The van der Waals surface area contributed by atoms with Gasteiger partial charge >= 0.3 is 11.9 Å². The van der Waals surface area contributed by atoms with Gasteiger partial charge in [0.05, 0.1) is 13.2 Å². The summed E-state index contributed by atoms with van der Waals surface area (Å²) in [6, 6.07) is 6.47. The number of aliphatic carboxylic acids is 2. The van der Waals surface area contributed by atoms with Gasteiger partial charge < -0.3 is 24.6 Å². The van der Waals surface area contributed by atoms with Crippen molar-refractivity contribution in [1.82, 2.24) is 9.80 Å². The Kier molecular flexibility index (Phi) is 11.3. The van der Waals surface area contributed by atoms with Crippen molar-refractivity contribution in [2.75, 3.05) is 59.6 Å². The summed E-state index contributed by atoms with van der Waals surface area (Å²) in [5, 5.41) is 14.8. The molecular formula is C21H34N2O6. The average Bonchev–Trinajstić information content (AvgIpc) is 2.67. The number of nitrogens with zero attached hydrogens (tertiary/aromatic N) is 2. The third-order valence-corrected chi connectivity index (χ3v) is 4.69. The van der Waals surface area contributed by atoms with Crippen molar-refractivity contribution in [3.05, 3.63) is 29.3 Å². The molecule has 0 bridgehead atoms. The standard InChI is InChI=1S/C19H32N2O2.C2H2O4/c1-16(2)18-6-5-17(3)19(15-18)23-14-13-22-12-11-21-9-7-20(4)8-10-21;3-1(4)2(5)6/h5-6,15-16H,7-14H2,1-4H3;(H,3,4)(H,5,6). The van der Waals surface area contributed by atoms with Gasteiger partial charge in [-0.05, 0) is 37.1 Å². The van der Waals surface area contributed by atoms with Crippen LogP contribution in [0.3, 0.4) is 0 Å². The molecule has 0 spiro atoms. The summed E-state index contributed by atoms with van der Waals surface area (Å²) in [5.74, 6) is -2.14. The third kappa shape index (κ3) is 10.3. The average molecular weight is 411 g/mol. The summed E-state index contributed by atoms with van der Waals surface area (Å²) in [6.07, 6.45) is 0. The zero-order valence-corrected chi connectivity index (χ0v) is 17.9. The molecule has 164 valence electrons. The number of carboxylic acids is 2. The number of hydrogen-bond donors (Lipinski definition) is 2. The van der Waals surface area contributed by atoms with E-state index in [1.54, 1.807) is 0 Å². The van der Waals surface area contributed by atoms with E-state index in [4.69, 9.17) is 29.3 Å². The lowest BCUT2D eigenvalue weighted by Crippen LogP contribution is -2.45. The first-order chi connectivity index (χ1) is 13.7. The molecule has 1 fully saturated rings. The quantitative estimate of drug-likeness (QED) is 0.495. The maximum absolute atomic E-state index is 9.10. The molecule has 0 aromatic heterocycles. The van der Waals surface area contributed by atoms with E-state index < -0.39 is 11.9 Å². The summed E-state index contributed by atoms with van der Waals surface area (Å²) in [6.45, 7) is 14.2. The maximum Gasteiger partial charge on any atom is 0.414 e. The van der Waals surface area contributed by atoms with Crippen molar-refractivity contribution < 1.29 is 29.3 Å². The van der Waals surface area contributed by atoms with E-state index in [0.717, 1.165) is 45.1 Å². The van der Waals surface area contributed by atoms with E-state index in [2.05, 4.69) is 55.8 Å². The second kappa shape index (κ2) is 13.1. The smallest absolute Gasteiger partial charge is 0.414 e. The van der Waals surface area contributed by atoms with Gasteiger partial charge in [-0.25, -0.2) is 9.59 Å². The van der Waals surface area contributed by atoms with Crippen LogP contribution in [-0.4, -0.2) is 91.5 Å². The first-order valence-corrected chi connectivity index (χ1v) is 9.89. The molecule has 1 aromatic rings. The van der Waals surface area contributed by atoms with Crippen LogP contribution < -0.4 is 4.74 Å². The van der Waals surface area contributed by atoms with Crippen molar-refractivity contribution in [2.45, 2.75) is 26.7 Å². The van der Waals surface area contributed by atoms with E-state index in [0.29, 0.717) is 19.1 Å². The van der Waals surface area contributed by atoms with Gasteiger partial charge in [0.1, 0.15) is 12.4 Å². The van der Waals surface area contributed by atoms with Crippen LogP contribution in [0.25, 0.3) is 0 Å². The number of hydrogen-bond acceptors (Lipinski definition) is 6. The lowest BCUT2D eigenvalue weighted by atomic mass is 10.0. The lowest BCUT2D eigenvalue weighted by Gasteiger charge is -2.32. The molecule has 0 unspecified atom stereocenters. The van der Waals surface area contributed by atoms with Gasteiger partial charge in [0, 0.05) is 32.7 Å². The molecule has 1 aromatic carbocycles. The molecule has 0 atom stereocenters. The predicted octanol–water partition coefficient (Wildman–Crippen LogP) is 1.92. The van der Waals surface area contributed by atoms with E-state index in [1.165, 1.54) is 11.1 Å². The molecule has 0 amide bonds. The van der Waals surface area contributed by atoms with E-state index in [9.17, 15) is 0 Å². The normalized spacial score (nSPS) is 14.9. The molecule has 29 heavy (non-hydrogen) atoms. The molecule has 2 N–H and O–H groups in total. The second-order valence-corrected chi connectivity index (χ2v) is 7.40. The van der Waals surface area contributed by atoms with Crippen molar-refractivity contribution in [1.29, 1.82) is 0 Å². The highest BCUT2D eigenvalue weighted by Gasteiger charge is 2.12. The molecule has 0 saturated carbocycles. The number of ether oxygens (including phenoxy) is 2. The number of piperazine rings is 1.